The SMILES string of the molecule is C=C(NNC(=O)c1ccccc1C)c1ccc(OC)cc1. The van der Waals surface area contributed by atoms with Crippen LogP contribution in [-0.4, -0.2) is 13.0 Å². The molecule has 4 nitrogen and oxygen atoms in total. The van der Waals surface area contributed by atoms with Crippen LogP contribution in [0.1, 0.15) is 21.5 Å². The molecule has 0 heterocycles. The molecule has 108 valence electrons. The van der Waals surface area contributed by atoms with Crippen LogP contribution in [0.3, 0.4) is 0 Å². The average Bonchev–Trinajstić information content (AvgIpc) is 2.52. The highest BCUT2D eigenvalue weighted by Gasteiger charge is 2.08. The summed E-state index contributed by atoms with van der Waals surface area (Å²) in [6, 6.07) is 14.8. The van der Waals surface area contributed by atoms with Crippen molar-refractivity contribution in [3.63, 3.8) is 0 Å². The lowest BCUT2D eigenvalue weighted by Crippen LogP contribution is -2.36. The van der Waals surface area contributed by atoms with E-state index in [0.717, 1.165) is 16.9 Å². The second-order valence-corrected chi connectivity index (χ2v) is 4.60. The molecule has 1 amide bonds. The summed E-state index contributed by atoms with van der Waals surface area (Å²) in [6.07, 6.45) is 0. The molecule has 0 bridgehead atoms. The number of rotatable bonds is 5. The maximum absolute atomic E-state index is 12.1. The monoisotopic (exact) mass is 282 g/mol. The predicted octanol–water partition coefficient (Wildman–Crippen LogP) is 2.91. The summed E-state index contributed by atoms with van der Waals surface area (Å²) in [5.74, 6) is 0.582. The third kappa shape index (κ3) is 3.63. The van der Waals surface area contributed by atoms with Crippen molar-refractivity contribution < 1.29 is 9.53 Å². The first kappa shape index (κ1) is 14.7. The van der Waals surface area contributed by atoms with E-state index in [4.69, 9.17) is 4.74 Å². The van der Waals surface area contributed by atoms with E-state index in [1.54, 1.807) is 13.2 Å². The summed E-state index contributed by atoms with van der Waals surface area (Å²) in [7, 11) is 1.62. The van der Waals surface area contributed by atoms with Crippen LogP contribution in [0.5, 0.6) is 5.75 Å². The van der Waals surface area contributed by atoms with Crippen LogP contribution in [-0.2, 0) is 0 Å². The van der Waals surface area contributed by atoms with E-state index < -0.39 is 0 Å². The number of hydrogen-bond acceptors (Lipinski definition) is 3. The van der Waals surface area contributed by atoms with Crippen molar-refractivity contribution in [3.8, 4) is 5.75 Å². The van der Waals surface area contributed by atoms with Crippen LogP contribution in [0.25, 0.3) is 5.70 Å². The van der Waals surface area contributed by atoms with E-state index in [2.05, 4.69) is 17.4 Å². The molecule has 0 fully saturated rings. The molecule has 0 aliphatic carbocycles. The highest BCUT2D eigenvalue weighted by atomic mass is 16.5. The minimum absolute atomic E-state index is 0.192. The summed E-state index contributed by atoms with van der Waals surface area (Å²) in [5.41, 5.74) is 8.52. The van der Waals surface area contributed by atoms with Gasteiger partial charge in [0.25, 0.3) is 5.91 Å². The first-order valence-electron chi connectivity index (χ1n) is 6.57. The van der Waals surface area contributed by atoms with Gasteiger partial charge in [-0.25, -0.2) is 0 Å². The van der Waals surface area contributed by atoms with Crippen LogP contribution in [0.4, 0.5) is 0 Å². The van der Waals surface area contributed by atoms with Gasteiger partial charge in [0.05, 0.1) is 12.8 Å². The smallest absolute Gasteiger partial charge is 0.269 e. The largest absolute Gasteiger partial charge is 0.497 e. The molecule has 0 saturated carbocycles. The topological polar surface area (TPSA) is 50.4 Å². The maximum Gasteiger partial charge on any atom is 0.269 e. The Hall–Kier alpha value is -2.75. The van der Waals surface area contributed by atoms with Crippen LogP contribution < -0.4 is 15.6 Å². The number of benzene rings is 2. The summed E-state index contributed by atoms with van der Waals surface area (Å²) < 4.78 is 5.10. The molecule has 2 rings (SSSR count). The molecule has 0 saturated heterocycles. The number of carbonyl (C=O) groups is 1. The Bertz CT molecular complexity index is 648. The molecular weight excluding hydrogens is 264 g/mol. The molecule has 21 heavy (non-hydrogen) atoms. The predicted molar refractivity (Wildman–Crippen MR) is 83.8 cm³/mol. The number of aryl methyl sites for hydroxylation is 1. The molecule has 0 aromatic heterocycles. The molecule has 0 aliphatic heterocycles. The third-order valence-electron chi connectivity index (χ3n) is 3.16. The molecular formula is C17H18N2O2. The minimum atomic E-state index is -0.192. The number of nitrogens with one attached hydrogen (secondary N) is 2. The first-order chi connectivity index (χ1) is 10.1. The Morgan fingerprint density at radius 1 is 1.05 bits per heavy atom. The number of carbonyl (C=O) groups excluding carboxylic acids is 1. The second-order valence-electron chi connectivity index (χ2n) is 4.60. The molecule has 2 N–H and O–H groups in total. The van der Waals surface area contributed by atoms with Gasteiger partial charge >= 0.3 is 0 Å². The fourth-order valence-corrected chi connectivity index (χ4v) is 1.89. The van der Waals surface area contributed by atoms with Gasteiger partial charge in [-0.05, 0) is 48.4 Å². The van der Waals surface area contributed by atoms with E-state index in [0.29, 0.717) is 11.3 Å². The molecule has 2 aromatic carbocycles. The van der Waals surface area contributed by atoms with Gasteiger partial charge in [0.2, 0.25) is 0 Å². The van der Waals surface area contributed by atoms with Gasteiger partial charge in [-0.2, -0.15) is 0 Å². The molecule has 0 spiro atoms. The molecule has 0 atom stereocenters. The lowest BCUT2D eigenvalue weighted by Gasteiger charge is -2.12. The zero-order valence-corrected chi connectivity index (χ0v) is 12.1. The van der Waals surface area contributed by atoms with Crippen molar-refractivity contribution in [2.45, 2.75) is 6.92 Å². The minimum Gasteiger partial charge on any atom is -0.497 e. The number of hydrogen-bond donors (Lipinski definition) is 2. The zero-order valence-electron chi connectivity index (χ0n) is 12.1. The Balaban J connectivity index is 1.97. The Kier molecular flexibility index (Phi) is 4.61. The summed E-state index contributed by atoms with van der Waals surface area (Å²) in [5, 5.41) is 0. The summed E-state index contributed by atoms with van der Waals surface area (Å²) >= 11 is 0. The molecule has 0 unspecified atom stereocenters. The van der Waals surface area contributed by atoms with E-state index >= 15 is 0 Å². The Morgan fingerprint density at radius 3 is 2.33 bits per heavy atom. The lowest BCUT2D eigenvalue weighted by atomic mass is 10.1. The van der Waals surface area contributed by atoms with Crippen molar-refractivity contribution in [3.05, 3.63) is 71.8 Å². The normalized spacial score (nSPS) is 9.81. The Labute approximate surface area is 124 Å². The lowest BCUT2D eigenvalue weighted by molar-refractivity contribution is 0.0942. The Morgan fingerprint density at radius 2 is 1.71 bits per heavy atom. The standard InChI is InChI=1S/C17H18N2O2/c1-12-6-4-5-7-16(12)17(20)19-18-13(2)14-8-10-15(21-3)11-9-14/h4-11,18H,2H2,1,3H3,(H,19,20). The van der Waals surface area contributed by atoms with E-state index in [1.807, 2.05) is 49.4 Å². The van der Waals surface area contributed by atoms with Gasteiger partial charge in [0, 0.05) is 5.56 Å². The van der Waals surface area contributed by atoms with Gasteiger partial charge < -0.3 is 4.74 Å². The van der Waals surface area contributed by atoms with E-state index in [1.165, 1.54) is 0 Å². The fraction of sp³-hybridized carbons (Fsp3) is 0.118. The quantitative estimate of drug-likeness (QED) is 0.829. The van der Waals surface area contributed by atoms with Crippen molar-refractivity contribution in [2.75, 3.05) is 7.11 Å². The first-order valence-corrected chi connectivity index (χ1v) is 6.57. The van der Waals surface area contributed by atoms with Crippen molar-refractivity contribution in [1.82, 2.24) is 10.9 Å². The van der Waals surface area contributed by atoms with E-state index in [-0.39, 0.29) is 5.91 Å². The number of methoxy groups -OCH3 is 1. The molecule has 0 radical (unpaired) electrons. The fourth-order valence-electron chi connectivity index (χ4n) is 1.89. The maximum atomic E-state index is 12.1. The van der Waals surface area contributed by atoms with Crippen LogP contribution in [0, 0.1) is 6.92 Å². The second kappa shape index (κ2) is 6.61. The molecule has 2 aromatic rings. The highest BCUT2D eigenvalue weighted by Crippen LogP contribution is 2.15. The van der Waals surface area contributed by atoms with Crippen LogP contribution in [0.15, 0.2) is 55.1 Å². The van der Waals surface area contributed by atoms with Gasteiger partial charge in [-0.1, -0.05) is 24.8 Å². The van der Waals surface area contributed by atoms with Crippen molar-refractivity contribution in [2.24, 2.45) is 0 Å². The van der Waals surface area contributed by atoms with Gasteiger partial charge in [-0.15, -0.1) is 0 Å². The van der Waals surface area contributed by atoms with Gasteiger partial charge in [0.1, 0.15) is 5.75 Å². The van der Waals surface area contributed by atoms with Crippen LogP contribution >= 0.6 is 0 Å². The highest BCUT2D eigenvalue weighted by molar-refractivity contribution is 5.95. The van der Waals surface area contributed by atoms with Crippen molar-refractivity contribution >= 4 is 11.6 Å². The van der Waals surface area contributed by atoms with E-state index in [9.17, 15) is 4.79 Å². The zero-order chi connectivity index (χ0) is 15.2. The summed E-state index contributed by atoms with van der Waals surface area (Å²) in [4.78, 5) is 12.1. The van der Waals surface area contributed by atoms with Crippen molar-refractivity contribution in [1.29, 1.82) is 0 Å². The van der Waals surface area contributed by atoms with Crippen LogP contribution in [0.2, 0.25) is 0 Å². The number of ether oxygens (including phenoxy) is 1. The molecule has 0 aliphatic rings. The van der Waals surface area contributed by atoms with Gasteiger partial charge in [-0.3, -0.25) is 15.6 Å². The average molecular weight is 282 g/mol. The molecule has 4 heteroatoms. The number of hydrazine groups is 1. The number of amides is 1. The van der Waals surface area contributed by atoms with Gasteiger partial charge in [0.15, 0.2) is 0 Å². The summed E-state index contributed by atoms with van der Waals surface area (Å²) in [6.45, 7) is 5.80. The third-order valence-corrected chi connectivity index (χ3v) is 3.16.